The van der Waals surface area contributed by atoms with Gasteiger partial charge in [0.25, 0.3) is 0 Å². The van der Waals surface area contributed by atoms with Crippen LogP contribution < -0.4 is 10.5 Å². The molecule has 1 aliphatic rings. The van der Waals surface area contributed by atoms with Crippen molar-refractivity contribution in [1.82, 2.24) is 4.90 Å². The molecule has 0 amide bonds. The lowest BCUT2D eigenvalue weighted by Gasteiger charge is -2.22. The molecule has 1 fully saturated rings. The minimum atomic E-state index is 0.0517. The first-order valence-corrected chi connectivity index (χ1v) is 6.51. The van der Waals surface area contributed by atoms with Crippen LogP contribution in [-0.4, -0.2) is 31.1 Å². The van der Waals surface area contributed by atoms with E-state index in [0.29, 0.717) is 6.61 Å². The third kappa shape index (κ3) is 3.20. The summed E-state index contributed by atoms with van der Waals surface area (Å²) < 4.78 is 5.62. The molecule has 0 aliphatic carbocycles. The molecular weight excluding hydrogens is 212 g/mol. The number of ether oxygens (including phenoxy) is 1. The predicted molar refractivity (Wildman–Crippen MR) is 70.2 cm³/mol. The van der Waals surface area contributed by atoms with Crippen LogP contribution in [0.4, 0.5) is 0 Å². The van der Waals surface area contributed by atoms with Gasteiger partial charge in [-0.15, -0.1) is 0 Å². The van der Waals surface area contributed by atoms with Crippen molar-refractivity contribution in [3.63, 3.8) is 0 Å². The van der Waals surface area contributed by atoms with E-state index in [1.54, 1.807) is 0 Å². The van der Waals surface area contributed by atoms with Gasteiger partial charge in [-0.05, 0) is 38.9 Å². The Balaban J connectivity index is 2.03. The van der Waals surface area contributed by atoms with Crippen LogP contribution in [0.1, 0.15) is 31.4 Å². The number of hydrogen-bond acceptors (Lipinski definition) is 3. The van der Waals surface area contributed by atoms with E-state index in [1.165, 1.54) is 25.9 Å². The molecule has 3 heteroatoms. The third-order valence-electron chi connectivity index (χ3n) is 3.27. The average molecular weight is 234 g/mol. The highest BCUT2D eigenvalue weighted by molar-refractivity contribution is 5.35. The van der Waals surface area contributed by atoms with Gasteiger partial charge in [-0.1, -0.05) is 18.2 Å². The van der Waals surface area contributed by atoms with Crippen LogP contribution in [0.15, 0.2) is 24.3 Å². The first-order valence-electron chi connectivity index (χ1n) is 6.51. The van der Waals surface area contributed by atoms with Crippen molar-refractivity contribution in [2.45, 2.75) is 25.8 Å². The SMILES string of the molecule is CCOc1ccccc1C(N)CN1CCCC1. The Bertz CT molecular complexity index is 348. The number of hydrogen-bond donors (Lipinski definition) is 1. The molecule has 1 atom stereocenters. The number of nitrogens with zero attached hydrogens (tertiary/aromatic N) is 1. The molecule has 2 N–H and O–H groups in total. The zero-order valence-corrected chi connectivity index (χ0v) is 10.6. The van der Waals surface area contributed by atoms with Crippen LogP contribution in [0.5, 0.6) is 5.75 Å². The van der Waals surface area contributed by atoms with Gasteiger partial charge in [-0.2, -0.15) is 0 Å². The molecule has 1 aromatic rings. The first kappa shape index (κ1) is 12.4. The summed E-state index contributed by atoms with van der Waals surface area (Å²) in [4.78, 5) is 2.44. The molecule has 1 heterocycles. The van der Waals surface area contributed by atoms with E-state index in [0.717, 1.165) is 17.9 Å². The molecule has 0 saturated carbocycles. The summed E-state index contributed by atoms with van der Waals surface area (Å²) in [6, 6.07) is 8.16. The van der Waals surface area contributed by atoms with Crippen LogP contribution in [0.25, 0.3) is 0 Å². The molecule has 1 unspecified atom stereocenters. The molecule has 0 radical (unpaired) electrons. The third-order valence-corrected chi connectivity index (χ3v) is 3.27. The Labute approximate surface area is 104 Å². The topological polar surface area (TPSA) is 38.5 Å². The van der Waals surface area contributed by atoms with E-state index in [2.05, 4.69) is 11.0 Å². The Hall–Kier alpha value is -1.06. The summed E-state index contributed by atoms with van der Waals surface area (Å²) in [6.45, 7) is 6.00. The summed E-state index contributed by atoms with van der Waals surface area (Å²) in [6.07, 6.45) is 2.61. The molecule has 0 aromatic heterocycles. The fourth-order valence-electron chi connectivity index (χ4n) is 2.42. The summed E-state index contributed by atoms with van der Waals surface area (Å²) in [5, 5.41) is 0. The number of rotatable bonds is 5. The second-order valence-corrected chi connectivity index (χ2v) is 4.59. The van der Waals surface area contributed by atoms with Crippen molar-refractivity contribution >= 4 is 0 Å². The largest absolute Gasteiger partial charge is 0.494 e. The Kier molecular flexibility index (Phi) is 4.40. The van der Waals surface area contributed by atoms with Crippen molar-refractivity contribution in [2.75, 3.05) is 26.2 Å². The van der Waals surface area contributed by atoms with E-state index >= 15 is 0 Å². The minimum Gasteiger partial charge on any atom is -0.494 e. The molecule has 0 spiro atoms. The van der Waals surface area contributed by atoms with E-state index in [4.69, 9.17) is 10.5 Å². The summed E-state index contributed by atoms with van der Waals surface area (Å²) in [5.74, 6) is 0.932. The highest BCUT2D eigenvalue weighted by atomic mass is 16.5. The van der Waals surface area contributed by atoms with Gasteiger partial charge in [0.05, 0.1) is 6.61 Å². The van der Waals surface area contributed by atoms with Crippen molar-refractivity contribution in [2.24, 2.45) is 5.73 Å². The zero-order chi connectivity index (χ0) is 12.1. The quantitative estimate of drug-likeness (QED) is 0.848. The van der Waals surface area contributed by atoms with Gasteiger partial charge >= 0.3 is 0 Å². The van der Waals surface area contributed by atoms with Crippen LogP contribution in [0.2, 0.25) is 0 Å². The first-order chi connectivity index (χ1) is 8.31. The van der Waals surface area contributed by atoms with E-state index in [-0.39, 0.29) is 6.04 Å². The summed E-state index contributed by atoms with van der Waals surface area (Å²) in [5.41, 5.74) is 7.41. The van der Waals surface area contributed by atoms with Crippen LogP contribution in [0, 0.1) is 0 Å². The molecule has 1 aromatic carbocycles. The van der Waals surface area contributed by atoms with Gasteiger partial charge in [0.2, 0.25) is 0 Å². The Morgan fingerprint density at radius 2 is 2.00 bits per heavy atom. The maximum atomic E-state index is 6.28. The van der Waals surface area contributed by atoms with Crippen molar-refractivity contribution < 1.29 is 4.74 Å². The lowest BCUT2D eigenvalue weighted by atomic mass is 10.1. The number of nitrogens with two attached hydrogens (primary N) is 1. The maximum Gasteiger partial charge on any atom is 0.124 e. The minimum absolute atomic E-state index is 0.0517. The number of benzene rings is 1. The van der Waals surface area contributed by atoms with Gasteiger partial charge in [0, 0.05) is 18.2 Å². The van der Waals surface area contributed by atoms with Gasteiger partial charge in [-0.3, -0.25) is 0 Å². The highest BCUT2D eigenvalue weighted by Crippen LogP contribution is 2.25. The summed E-state index contributed by atoms with van der Waals surface area (Å²) in [7, 11) is 0. The molecule has 0 bridgehead atoms. The van der Waals surface area contributed by atoms with E-state index < -0.39 is 0 Å². The fraction of sp³-hybridized carbons (Fsp3) is 0.571. The number of para-hydroxylation sites is 1. The molecule has 1 aliphatic heterocycles. The van der Waals surface area contributed by atoms with Crippen LogP contribution in [-0.2, 0) is 0 Å². The van der Waals surface area contributed by atoms with Gasteiger partial charge in [0.15, 0.2) is 0 Å². The lowest BCUT2D eigenvalue weighted by Crippen LogP contribution is -2.30. The Morgan fingerprint density at radius 1 is 1.29 bits per heavy atom. The van der Waals surface area contributed by atoms with Crippen molar-refractivity contribution in [1.29, 1.82) is 0 Å². The predicted octanol–water partition coefficient (Wildman–Crippen LogP) is 2.18. The summed E-state index contributed by atoms with van der Waals surface area (Å²) >= 11 is 0. The zero-order valence-electron chi connectivity index (χ0n) is 10.6. The maximum absolute atomic E-state index is 6.28. The van der Waals surface area contributed by atoms with Crippen molar-refractivity contribution in [3.8, 4) is 5.75 Å². The highest BCUT2D eigenvalue weighted by Gasteiger charge is 2.18. The molecule has 17 heavy (non-hydrogen) atoms. The molecular formula is C14H22N2O. The smallest absolute Gasteiger partial charge is 0.124 e. The van der Waals surface area contributed by atoms with Crippen LogP contribution >= 0.6 is 0 Å². The van der Waals surface area contributed by atoms with E-state index in [1.807, 2.05) is 25.1 Å². The lowest BCUT2D eigenvalue weighted by molar-refractivity contribution is 0.303. The molecule has 2 rings (SSSR count). The number of likely N-dealkylation sites (tertiary alicyclic amines) is 1. The standard InChI is InChI=1S/C14H22N2O/c1-2-17-14-8-4-3-7-12(14)13(15)11-16-9-5-6-10-16/h3-4,7-8,13H,2,5-6,9-11,15H2,1H3. The second-order valence-electron chi connectivity index (χ2n) is 4.59. The fourth-order valence-corrected chi connectivity index (χ4v) is 2.42. The normalized spacial score (nSPS) is 18.2. The molecule has 1 saturated heterocycles. The van der Waals surface area contributed by atoms with Gasteiger partial charge < -0.3 is 15.4 Å². The average Bonchev–Trinajstić information content (AvgIpc) is 2.83. The van der Waals surface area contributed by atoms with Crippen molar-refractivity contribution in [3.05, 3.63) is 29.8 Å². The Morgan fingerprint density at radius 3 is 2.71 bits per heavy atom. The molecule has 94 valence electrons. The van der Waals surface area contributed by atoms with Gasteiger partial charge in [0.1, 0.15) is 5.75 Å². The molecule has 3 nitrogen and oxygen atoms in total. The van der Waals surface area contributed by atoms with E-state index in [9.17, 15) is 0 Å². The van der Waals surface area contributed by atoms with Gasteiger partial charge in [-0.25, -0.2) is 0 Å². The monoisotopic (exact) mass is 234 g/mol. The second kappa shape index (κ2) is 6.03. The van der Waals surface area contributed by atoms with Crippen LogP contribution in [0.3, 0.4) is 0 Å².